The Balaban J connectivity index is 1.71. The van der Waals surface area contributed by atoms with Crippen molar-refractivity contribution in [2.24, 2.45) is 0 Å². The van der Waals surface area contributed by atoms with Gasteiger partial charge >= 0.3 is 5.97 Å². The Labute approximate surface area is 161 Å². The molecule has 7 heteroatoms. The molecule has 2 N–H and O–H groups in total. The average Bonchev–Trinajstić information content (AvgIpc) is 3.03. The van der Waals surface area contributed by atoms with Crippen LogP contribution in [0.3, 0.4) is 0 Å². The lowest BCUT2D eigenvalue weighted by molar-refractivity contribution is -0.142. The number of anilines is 1. The van der Waals surface area contributed by atoms with Gasteiger partial charge in [0.1, 0.15) is 6.04 Å². The standard InChI is InChI=1S/C19H18Cl2N2O3/c20-13-6-7-15(16(21)10-13)18(24)22-14-4-1-3-12(9-14)11-23-8-2-5-17(23)19(25)26/h1,3-4,6-7,9-10,17H,2,5,8,11H2,(H,22,24)(H,25,26). The summed E-state index contributed by atoms with van der Waals surface area (Å²) in [4.78, 5) is 25.7. The second kappa shape index (κ2) is 8.08. The third kappa shape index (κ3) is 4.36. The number of nitrogens with zero attached hydrogens (tertiary/aromatic N) is 1. The molecule has 136 valence electrons. The minimum absolute atomic E-state index is 0.285. The minimum atomic E-state index is -0.788. The Morgan fingerprint density at radius 3 is 2.73 bits per heavy atom. The Morgan fingerprint density at radius 1 is 1.19 bits per heavy atom. The van der Waals surface area contributed by atoms with Crippen molar-refractivity contribution in [1.82, 2.24) is 4.90 Å². The molecule has 1 heterocycles. The van der Waals surface area contributed by atoms with Gasteiger partial charge in [-0.2, -0.15) is 0 Å². The second-order valence-electron chi connectivity index (χ2n) is 6.25. The van der Waals surface area contributed by atoms with Crippen LogP contribution >= 0.6 is 23.2 Å². The van der Waals surface area contributed by atoms with Gasteiger partial charge in [-0.1, -0.05) is 35.3 Å². The van der Waals surface area contributed by atoms with Gasteiger partial charge < -0.3 is 10.4 Å². The summed E-state index contributed by atoms with van der Waals surface area (Å²) in [7, 11) is 0. The van der Waals surface area contributed by atoms with Gasteiger partial charge in [0.15, 0.2) is 0 Å². The van der Waals surface area contributed by atoms with Gasteiger partial charge in [-0.3, -0.25) is 14.5 Å². The zero-order valence-electron chi connectivity index (χ0n) is 13.9. The normalized spacial score (nSPS) is 17.2. The molecule has 0 bridgehead atoms. The third-order valence-corrected chi connectivity index (χ3v) is 4.94. The van der Waals surface area contributed by atoms with Crippen LogP contribution in [0.25, 0.3) is 0 Å². The summed E-state index contributed by atoms with van der Waals surface area (Å²) in [5.74, 6) is -1.11. The van der Waals surface area contributed by atoms with Gasteiger partial charge in [0.25, 0.3) is 5.91 Å². The summed E-state index contributed by atoms with van der Waals surface area (Å²) in [5.41, 5.74) is 1.91. The fraction of sp³-hybridized carbons (Fsp3) is 0.263. The number of likely N-dealkylation sites (tertiary alicyclic amines) is 1. The average molecular weight is 393 g/mol. The van der Waals surface area contributed by atoms with E-state index < -0.39 is 12.0 Å². The molecule has 0 aromatic heterocycles. The van der Waals surface area contributed by atoms with Crippen molar-refractivity contribution in [1.29, 1.82) is 0 Å². The highest BCUT2D eigenvalue weighted by atomic mass is 35.5. The number of carboxylic acids is 1. The SMILES string of the molecule is O=C(Nc1cccc(CN2CCCC2C(=O)O)c1)c1ccc(Cl)cc1Cl. The highest BCUT2D eigenvalue weighted by Crippen LogP contribution is 2.24. The summed E-state index contributed by atoms with van der Waals surface area (Å²) in [6.45, 7) is 1.29. The first-order chi connectivity index (χ1) is 12.4. The molecule has 2 aromatic carbocycles. The Bertz CT molecular complexity index is 841. The molecule has 0 radical (unpaired) electrons. The predicted octanol–water partition coefficient (Wildman–Crippen LogP) is 4.29. The molecule has 2 aromatic rings. The number of carbonyl (C=O) groups is 2. The number of hydrogen-bond donors (Lipinski definition) is 2. The fourth-order valence-electron chi connectivity index (χ4n) is 3.15. The predicted molar refractivity (Wildman–Crippen MR) is 102 cm³/mol. The number of hydrogen-bond acceptors (Lipinski definition) is 3. The van der Waals surface area contributed by atoms with Crippen molar-refractivity contribution in [2.75, 3.05) is 11.9 Å². The maximum Gasteiger partial charge on any atom is 0.320 e. The van der Waals surface area contributed by atoms with E-state index in [4.69, 9.17) is 23.2 Å². The number of benzene rings is 2. The van der Waals surface area contributed by atoms with E-state index in [0.29, 0.717) is 29.2 Å². The molecule has 0 saturated carbocycles. The van der Waals surface area contributed by atoms with Crippen LogP contribution < -0.4 is 5.32 Å². The molecule has 0 spiro atoms. The maximum absolute atomic E-state index is 12.4. The van der Waals surface area contributed by atoms with Crippen molar-refractivity contribution in [3.8, 4) is 0 Å². The van der Waals surface area contributed by atoms with Gasteiger partial charge in [0.2, 0.25) is 0 Å². The summed E-state index contributed by atoms with van der Waals surface area (Å²) < 4.78 is 0. The quantitative estimate of drug-likeness (QED) is 0.795. The highest BCUT2D eigenvalue weighted by molar-refractivity contribution is 6.37. The lowest BCUT2D eigenvalue weighted by atomic mass is 10.1. The van der Waals surface area contributed by atoms with E-state index in [0.717, 1.165) is 18.5 Å². The molecule has 3 rings (SSSR count). The first kappa shape index (κ1) is 18.7. The molecule has 26 heavy (non-hydrogen) atoms. The molecule has 0 aliphatic carbocycles. The molecule has 1 unspecified atom stereocenters. The number of halogens is 2. The molecular formula is C19H18Cl2N2O3. The maximum atomic E-state index is 12.4. The molecule has 1 saturated heterocycles. The zero-order valence-corrected chi connectivity index (χ0v) is 15.4. The number of nitrogens with one attached hydrogen (secondary N) is 1. The van der Waals surface area contributed by atoms with Gasteiger partial charge in [-0.05, 0) is 55.3 Å². The van der Waals surface area contributed by atoms with Crippen molar-refractivity contribution < 1.29 is 14.7 Å². The first-order valence-electron chi connectivity index (χ1n) is 8.26. The summed E-state index contributed by atoms with van der Waals surface area (Å²) >= 11 is 11.9. The van der Waals surface area contributed by atoms with Crippen molar-refractivity contribution in [2.45, 2.75) is 25.4 Å². The zero-order chi connectivity index (χ0) is 18.7. The van der Waals surface area contributed by atoms with E-state index in [1.807, 2.05) is 23.1 Å². The first-order valence-corrected chi connectivity index (χ1v) is 9.02. The van der Waals surface area contributed by atoms with Crippen molar-refractivity contribution in [3.63, 3.8) is 0 Å². The van der Waals surface area contributed by atoms with Crippen molar-refractivity contribution in [3.05, 3.63) is 63.6 Å². The van der Waals surface area contributed by atoms with Gasteiger partial charge in [-0.25, -0.2) is 0 Å². The molecule has 5 nitrogen and oxygen atoms in total. The number of rotatable bonds is 5. The summed E-state index contributed by atoms with van der Waals surface area (Å²) in [5, 5.41) is 12.9. The number of carboxylic acid groups (broad SMARTS) is 1. The topological polar surface area (TPSA) is 69.6 Å². The van der Waals surface area contributed by atoms with Crippen LogP contribution in [0.15, 0.2) is 42.5 Å². The minimum Gasteiger partial charge on any atom is -0.480 e. The lowest BCUT2D eigenvalue weighted by Gasteiger charge is -2.21. The van der Waals surface area contributed by atoms with Crippen LogP contribution in [0.4, 0.5) is 5.69 Å². The van der Waals surface area contributed by atoms with Gasteiger partial charge in [0, 0.05) is 17.3 Å². The third-order valence-electron chi connectivity index (χ3n) is 4.39. The molecule has 1 fully saturated rings. The van der Waals surface area contributed by atoms with Crippen LogP contribution in [0.1, 0.15) is 28.8 Å². The second-order valence-corrected chi connectivity index (χ2v) is 7.09. The largest absolute Gasteiger partial charge is 0.480 e. The monoisotopic (exact) mass is 392 g/mol. The van der Waals surface area contributed by atoms with Crippen LogP contribution in [0.2, 0.25) is 10.0 Å². The number of carbonyl (C=O) groups excluding carboxylic acids is 1. The van der Waals surface area contributed by atoms with Gasteiger partial charge in [-0.15, -0.1) is 0 Å². The van der Waals surface area contributed by atoms with Crippen LogP contribution in [-0.4, -0.2) is 34.5 Å². The Morgan fingerprint density at radius 2 is 2.00 bits per heavy atom. The smallest absolute Gasteiger partial charge is 0.320 e. The molecule has 1 aliphatic rings. The fourth-order valence-corrected chi connectivity index (χ4v) is 3.64. The Kier molecular flexibility index (Phi) is 5.81. The number of aliphatic carboxylic acids is 1. The lowest BCUT2D eigenvalue weighted by Crippen LogP contribution is -2.35. The molecule has 1 aliphatic heterocycles. The van der Waals surface area contributed by atoms with E-state index in [2.05, 4.69) is 5.32 Å². The van der Waals surface area contributed by atoms with Crippen LogP contribution in [0.5, 0.6) is 0 Å². The van der Waals surface area contributed by atoms with E-state index >= 15 is 0 Å². The molecule has 1 amide bonds. The van der Waals surface area contributed by atoms with E-state index in [-0.39, 0.29) is 10.9 Å². The van der Waals surface area contributed by atoms with Crippen molar-refractivity contribution >= 4 is 40.8 Å². The van der Waals surface area contributed by atoms with E-state index in [9.17, 15) is 14.7 Å². The van der Waals surface area contributed by atoms with Gasteiger partial charge in [0.05, 0.1) is 10.6 Å². The number of amides is 1. The van der Waals surface area contributed by atoms with Crippen LogP contribution in [0, 0.1) is 0 Å². The molecule has 1 atom stereocenters. The summed E-state index contributed by atoms with van der Waals surface area (Å²) in [6.07, 6.45) is 1.54. The highest BCUT2D eigenvalue weighted by Gasteiger charge is 2.30. The van der Waals surface area contributed by atoms with Crippen LogP contribution in [-0.2, 0) is 11.3 Å². The summed E-state index contributed by atoms with van der Waals surface area (Å²) in [6, 6.07) is 11.6. The Hall–Kier alpha value is -2.08. The van der Waals surface area contributed by atoms with E-state index in [1.54, 1.807) is 18.2 Å². The molecular weight excluding hydrogens is 375 g/mol. The van der Waals surface area contributed by atoms with E-state index in [1.165, 1.54) is 6.07 Å².